The largest absolute Gasteiger partial charge is 0.480 e. The Kier molecular flexibility index (Phi) is 8.87. The summed E-state index contributed by atoms with van der Waals surface area (Å²) in [6.07, 6.45) is 0. The van der Waals surface area contributed by atoms with E-state index in [1.165, 1.54) is 7.05 Å². The number of nitrogens with one attached hydrogen (secondary N) is 1. The fourth-order valence-electron chi connectivity index (χ4n) is 0.742. The molecule has 0 aliphatic rings. The van der Waals surface area contributed by atoms with E-state index in [4.69, 9.17) is 5.11 Å². The molecule has 0 radical (unpaired) electrons. The highest BCUT2D eigenvalue weighted by Gasteiger charge is 2.17. The summed E-state index contributed by atoms with van der Waals surface area (Å²) in [6, 6.07) is -0.412. The van der Waals surface area contributed by atoms with Gasteiger partial charge in [0, 0.05) is 0 Å². The topological polar surface area (TPSA) is 75.3 Å². The van der Waals surface area contributed by atoms with Crippen LogP contribution in [0.3, 0.4) is 0 Å². The molecule has 0 rings (SSSR count). The van der Waals surface area contributed by atoms with Crippen molar-refractivity contribution in [2.24, 2.45) is 11.7 Å². The van der Waals surface area contributed by atoms with Gasteiger partial charge in [-0.15, -0.1) is 0 Å². The van der Waals surface area contributed by atoms with Crippen LogP contribution in [0.25, 0.3) is 0 Å². The standard InChI is InChI=1S/C6H13NO2.CH5N/c1-4(2)5(7-3)6(8)9;1-2/h4-5,7H,1-3H3,(H,8,9);2H2,1H3/t5-;/m1./s1. The number of carboxylic acids is 1. The van der Waals surface area contributed by atoms with Gasteiger partial charge in [-0.25, -0.2) is 0 Å². The molecular formula is C7H18N2O2. The molecule has 0 aromatic rings. The monoisotopic (exact) mass is 162 g/mol. The Bertz CT molecular complexity index is 105. The van der Waals surface area contributed by atoms with Crippen molar-refractivity contribution in [3.8, 4) is 0 Å². The molecule has 68 valence electrons. The minimum Gasteiger partial charge on any atom is -0.480 e. The molecule has 0 fully saturated rings. The lowest BCUT2D eigenvalue weighted by molar-refractivity contribution is -0.140. The van der Waals surface area contributed by atoms with Gasteiger partial charge in [0.25, 0.3) is 0 Å². The number of rotatable bonds is 3. The van der Waals surface area contributed by atoms with Crippen LogP contribution >= 0.6 is 0 Å². The summed E-state index contributed by atoms with van der Waals surface area (Å²) in [5, 5.41) is 11.2. The number of hydrogen-bond acceptors (Lipinski definition) is 3. The molecule has 4 heteroatoms. The van der Waals surface area contributed by atoms with Gasteiger partial charge < -0.3 is 16.2 Å². The maximum atomic E-state index is 10.3. The van der Waals surface area contributed by atoms with Crippen molar-refractivity contribution < 1.29 is 9.90 Å². The second-order valence-electron chi connectivity index (χ2n) is 2.35. The Hall–Kier alpha value is -0.610. The van der Waals surface area contributed by atoms with E-state index in [1.54, 1.807) is 7.05 Å². The molecule has 11 heavy (non-hydrogen) atoms. The Morgan fingerprint density at radius 2 is 1.82 bits per heavy atom. The van der Waals surface area contributed by atoms with Crippen molar-refractivity contribution in [1.29, 1.82) is 0 Å². The first-order valence-corrected chi connectivity index (χ1v) is 3.57. The lowest BCUT2D eigenvalue weighted by Gasteiger charge is -2.13. The van der Waals surface area contributed by atoms with E-state index in [0.717, 1.165) is 0 Å². The van der Waals surface area contributed by atoms with Gasteiger partial charge >= 0.3 is 5.97 Å². The molecule has 0 aromatic carbocycles. The molecule has 0 aromatic heterocycles. The molecule has 0 saturated heterocycles. The fourth-order valence-corrected chi connectivity index (χ4v) is 0.742. The molecule has 0 aliphatic heterocycles. The summed E-state index contributed by atoms with van der Waals surface area (Å²) in [5.74, 6) is -0.639. The van der Waals surface area contributed by atoms with Crippen LogP contribution in [0.2, 0.25) is 0 Å². The number of carbonyl (C=O) groups is 1. The molecule has 0 saturated carbocycles. The van der Waals surface area contributed by atoms with Crippen LogP contribution < -0.4 is 11.1 Å². The molecule has 4 nitrogen and oxygen atoms in total. The zero-order valence-corrected chi connectivity index (χ0v) is 7.59. The lowest BCUT2D eigenvalue weighted by Crippen LogP contribution is -2.38. The number of likely N-dealkylation sites (N-methyl/N-ethyl adjacent to an activating group) is 1. The Morgan fingerprint density at radius 1 is 1.45 bits per heavy atom. The van der Waals surface area contributed by atoms with Gasteiger partial charge in [-0.3, -0.25) is 4.79 Å². The second kappa shape index (κ2) is 7.50. The zero-order valence-electron chi connectivity index (χ0n) is 7.59. The van der Waals surface area contributed by atoms with Crippen molar-refractivity contribution in [2.45, 2.75) is 19.9 Å². The molecular weight excluding hydrogens is 144 g/mol. The molecule has 0 bridgehead atoms. The molecule has 0 spiro atoms. The predicted octanol–water partition coefficient (Wildman–Crippen LogP) is -0.110. The highest BCUT2D eigenvalue weighted by Crippen LogP contribution is 1.99. The van der Waals surface area contributed by atoms with Gasteiger partial charge in [0.1, 0.15) is 6.04 Å². The van der Waals surface area contributed by atoms with Gasteiger partial charge in [0.2, 0.25) is 0 Å². The maximum absolute atomic E-state index is 10.3. The third-order valence-electron chi connectivity index (χ3n) is 1.24. The quantitative estimate of drug-likeness (QED) is 0.541. The summed E-state index contributed by atoms with van der Waals surface area (Å²) < 4.78 is 0. The first-order chi connectivity index (χ1) is 5.09. The molecule has 0 heterocycles. The average Bonchev–Trinajstić information content (AvgIpc) is 1.91. The fraction of sp³-hybridized carbons (Fsp3) is 0.857. The van der Waals surface area contributed by atoms with Crippen LogP contribution in [0.4, 0.5) is 0 Å². The van der Waals surface area contributed by atoms with E-state index in [9.17, 15) is 4.79 Å². The van der Waals surface area contributed by atoms with Crippen molar-refractivity contribution in [3.05, 3.63) is 0 Å². The van der Waals surface area contributed by atoms with Crippen LogP contribution in [0.1, 0.15) is 13.8 Å². The van der Waals surface area contributed by atoms with Crippen LogP contribution in [-0.2, 0) is 4.79 Å². The zero-order chi connectivity index (χ0) is 9.44. The van der Waals surface area contributed by atoms with Crippen LogP contribution in [0.15, 0.2) is 0 Å². The third kappa shape index (κ3) is 5.82. The summed E-state index contributed by atoms with van der Waals surface area (Å²) in [6.45, 7) is 3.74. The Labute approximate surface area is 67.8 Å². The van der Waals surface area contributed by atoms with Crippen molar-refractivity contribution in [2.75, 3.05) is 14.1 Å². The molecule has 4 N–H and O–H groups in total. The third-order valence-corrected chi connectivity index (χ3v) is 1.24. The van der Waals surface area contributed by atoms with Crippen LogP contribution in [0.5, 0.6) is 0 Å². The predicted molar refractivity (Wildman–Crippen MR) is 45.4 cm³/mol. The van der Waals surface area contributed by atoms with Gasteiger partial charge in [0.15, 0.2) is 0 Å². The first-order valence-electron chi connectivity index (χ1n) is 3.57. The normalized spacial score (nSPS) is 11.8. The van der Waals surface area contributed by atoms with E-state index in [1.807, 2.05) is 13.8 Å². The number of hydrogen-bond donors (Lipinski definition) is 3. The maximum Gasteiger partial charge on any atom is 0.320 e. The summed E-state index contributed by atoms with van der Waals surface area (Å²) in [7, 11) is 3.15. The minimum atomic E-state index is -0.785. The Balaban J connectivity index is 0. The van der Waals surface area contributed by atoms with Gasteiger partial charge in [-0.2, -0.15) is 0 Å². The van der Waals surface area contributed by atoms with Crippen molar-refractivity contribution in [1.82, 2.24) is 5.32 Å². The highest BCUT2D eigenvalue weighted by molar-refractivity contribution is 5.73. The molecule has 1 atom stereocenters. The van der Waals surface area contributed by atoms with E-state index in [2.05, 4.69) is 11.1 Å². The Morgan fingerprint density at radius 3 is 1.82 bits per heavy atom. The van der Waals surface area contributed by atoms with Crippen molar-refractivity contribution in [3.63, 3.8) is 0 Å². The lowest BCUT2D eigenvalue weighted by atomic mass is 10.1. The SMILES string of the molecule is CN.CN[C@@H](C(=O)O)C(C)C. The van der Waals surface area contributed by atoms with Crippen LogP contribution in [-0.4, -0.2) is 31.2 Å². The molecule has 0 amide bonds. The summed E-state index contributed by atoms with van der Waals surface area (Å²) in [5.41, 5.74) is 4.50. The van der Waals surface area contributed by atoms with E-state index >= 15 is 0 Å². The smallest absolute Gasteiger partial charge is 0.320 e. The first kappa shape index (κ1) is 13.0. The van der Waals surface area contributed by atoms with Crippen molar-refractivity contribution >= 4 is 5.97 Å². The molecule has 0 aliphatic carbocycles. The van der Waals surface area contributed by atoms with E-state index < -0.39 is 12.0 Å². The summed E-state index contributed by atoms with van der Waals surface area (Å²) >= 11 is 0. The minimum absolute atomic E-state index is 0.146. The average molecular weight is 162 g/mol. The van der Waals surface area contributed by atoms with Gasteiger partial charge in [0.05, 0.1) is 0 Å². The van der Waals surface area contributed by atoms with E-state index in [0.29, 0.717) is 0 Å². The molecule has 0 unspecified atom stereocenters. The number of carboxylic acid groups (broad SMARTS) is 1. The number of nitrogens with two attached hydrogens (primary N) is 1. The van der Waals surface area contributed by atoms with Gasteiger partial charge in [-0.05, 0) is 20.0 Å². The van der Waals surface area contributed by atoms with Gasteiger partial charge in [-0.1, -0.05) is 13.8 Å². The highest BCUT2D eigenvalue weighted by atomic mass is 16.4. The van der Waals surface area contributed by atoms with Crippen LogP contribution in [0, 0.1) is 5.92 Å². The van der Waals surface area contributed by atoms with E-state index in [-0.39, 0.29) is 5.92 Å². The number of aliphatic carboxylic acids is 1. The second-order valence-corrected chi connectivity index (χ2v) is 2.35. The summed E-state index contributed by atoms with van der Waals surface area (Å²) in [4.78, 5) is 10.3.